The monoisotopic (exact) mass is 202 g/mol. The molecule has 2 rings (SSSR count). The number of hydrogen-bond donors (Lipinski definition) is 1. The van der Waals surface area contributed by atoms with Crippen molar-refractivity contribution in [2.45, 2.75) is 6.10 Å². The van der Waals surface area contributed by atoms with E-state index in [1.165, 1.54) is 6.26 Å². The summed E-state index contributed by atoms with van der Waals surface area (Å²) in [6.07, 6.45) is 4.14. The van der Waals surface area contributed by atoms with Crippen LogP contribution < -0.4 is 0 Å². The van der Waals surface area contributed by atoms with Gasteiger partial charge in [0.1, 0.15) is 0 Å². The van der Waals surface area contributed by atoms with Gasteiger partial charge in [-0.2, -0.15) is 0 Å². The summed E-state index contributed by atoms with van der Waals surface area (Å²) in [5.41, 5.74) is 1.10. The van der Waals surface area contributed by atoms with Crippen molar-refractivity contribution in [3.8, 4) is 0 Å². The Morgan fingerprint density at radius 1 is 1.27 bits per heavy atom. The van der Waals surface area contributed by atoms with Crippen molar-refractivity contribution in [1.29, 1.82) is 0 Å². The van der Waals surface area contributed by atoms with Crippen molar-refractivity contribution < 1.29 is 14.6 Å². The number of benzene rings is 1. The zero-order valence-electron chi connectivity index (χ0n) is 7.96. The van der Waals surface area contributed by atoms with Gasteiger partial charge in [-0.25, -0.2) is 4.79 Å². The summed E-state index contributed by atoms with van der Waals surface area (Å²) in [5.74, 6) is -0.951. The van der Waals surface area contributed by atoms with Crippen LogP contribution in [0.2, 0.25) is 0 Å². The van der Waals surface area contributed by atoms with Crippen LogP contribution in [0.5, 0.6) is 0 Å². The van der Waals surface area contributed by atoms with Crippen molar-refractivity contribution in [2.75, 3.05) is 0 Å². The smallest absolute Gasteiger partial charge is 0.335 e. The molecule has 15 heavy (non-hydrogen) atoms. The third-order valence-electron chi connectivity index (χ3n) is 2.20. The Morgan fingerprint density at radius 3 is 2.67 bits per heavy atom. The van der Waals surface area contributed by atoms with E-state index < -0.39 is 12.1 Å². The summed E-state index contributed by atoms with van der Waals surface area (Å²) >= 11 is 0. The van der Waals surface area contributed by atoms with Gasteiger partial charge in [-0.05, 0) is 17.7 Å². The highest BCUT2D eigenvalue weighted by atomic mass is 16.5. The Balaban J connectivity index is 2.34. The molecule has 1 N–H and O–H groups in total. The van der Waals surface area contributed by atoms with Crippen LogP contribution in [0, 0.1) is 0 Å². The fourth-order valence-corrected chi connectivity index (χ4v) is 1.50. The second-order valence-electron chi connectivity index (χ2n) is 3.18. The zero-order valence-corrected chi connectivity index (χ0v) is 7.96. The Morgan fingerprint density at radius 2 is 2.00 bits per heavy atom. The van der Waals surface area contributed by atoms with E-state index in [0.29, 0.717) is 0 Å². The SMILES string of the molecule is O=C(O)C1=CC=COC1c1ccccc1. The van der Waals surface area contributed by atoms with Crippen LogP contribution in [0.15, 0.2) is 54.3 Å². The summed E-state index contributed by atoms with van der Waals surface area (Å²) in [5, 5.41) is 8.99. The highest BCUT2D eigenvalue weighted by Gasteiger charge is 2.23. The van der Waals surface area contributed by atoms with Crippen LogP contribution in [0.3, 0.4) is 0 Å². The van der Waals surface area contributed by atoms with Crippen molar-refractivity contribution in [1.82, 2.24) is 0 Å². The lowest BCUT2D eigenvalue weighted by Crippen LogP contribution is -2.14. The molecule has 0 saturated carbocycles. The summed E-state index contributed by atoms with van der Waals surface area (Å²) in [6, 6.07) is 9.29. The normalized spacial score (nSPS) is 19.2. The molecule has 0 bridgehead atoms. The van der Waals surface area contributed by atoms with Crippen molar-refractivity contribution >= 4 is 5.97 Å². The van der Waals surface area contributed by atoms with Gasteiger partial charge in [0.05, 0.1) is 11.8 Å². The first kappa shape index (κ1) is 9.52. The molecule has 0 fully saturated rings. The van der Waals surface area contributed by atoms with Gasteiger partial charge >= 0.3 is 5.97 Å². The number of allylic oxidation sites excluding steroid dienone is 2. The van der Waals surface area contributed by atoms with E-state index in [1.54, 1.807) is 12.2 Å². The Kier molecular flexibility index (Phi) is 2.54. The number of rotatable bonds is 2. The van der Waals surface area contributed by atoms with Crippen LogP contribution >= 0.6 is 0 Å². The van der Waals surface area contributed by atoms with Crippen LogP contribution in [0.1, 0.15) is 11.7 Å². The molecule has 1 aliphatic heterocycles. The highest BCUT2D eigenvalue weighted by molar-refractivity contribution is 5.88. The lowest BCUT2D eigenvalue weighted by atomic mass is 10.0. The molecular weight excluding hydrogens is 192 g/mol. The van der Waals surface area contributed by atoms with Gasteiger partial charge in [0.25, 0.3) is 0 Å². The minimum atomic E-state index is -0.951. The van der Waals surface area contributed by atoms with E-state index in [2.05, 4.69) is 0 Å². The summed E-state index contributed by atoms with van der Waals surface area (Å²) in [6.45, 7) is 0. The molecule has 0 aliphatic carbocycles. The topological polar surface area (TPSA) is 46.5 Å². The molecule has 0 saturated heterocycles. The van der Waals surface area contributed by atoms with Gasteiger partial charge in [0.2, 0.25) is 0 Å². The first-order chi connectivity index (χ1) is 7.29. The number of aliphatic carboxylic acids is 1. The predicted molar refractivity (Wildman–Crippen MR) is 55.1 cm³/mol. The maximum Gasteiger partial charge on any atom is 0.335 e. The van der Waals surface area contributed by atoms with Crippen LogP contribution in [0.25, 0.3) is 0 Å². The minimum Gasteiger partial charge on any atom is -0.488 e. The number of hydrogen-bond acceptors (Lipinski definition) is 2. The molecule has 1 aromatic carbocycles. The number of carbonyl (C=O) groups is 1. The van der Waals surface area contributed by atoms with E-state index in [1.807, 2.05) is 30.3 Å². The van der Waals surface area contributed by atoms with Gasteiger partial charge in [-0.15, -0.1) is 0 Å². The molecule has 3 heteroatoms. The van der Waals surface area contributed by atoms with Crippen LogP contribution in [-0.2, 0) is 9.53 Å². The van der Waals surface area contributed by atoms with E-state index in [-0.39, 0.29) is 5.57 Å². The maximum atomic E-state index is 11.0. The van der Waals surface area contributed by atoms with Gasteiger partial charge < -0.3 is 9.84 Å². The average Bonchev–Trinajstić information content (AvgIpc) is 2.30. The van der Waals surface area contributed by atoms with E-state index in [9.17, 15) is 4.79 Å². The Hall–Kier alpha value is -2.03. The third kappa shape index (κ3) is 1.91. The van der Waals surface area contributed by atoms with E-state index >= 15 is 0 Å². The second-order valence-corrected chi connectivity index (χ2v) is 3.18. The summed E-state index contributed by atoms with van der Waals surface area (Å²) in [4.78, 5) is 11.0. The van der Waals surface area contributed by atoms with Gasteiger partial charge in [0, 0.05) is 0 Å². The van der Waals surface area contributed by atoms with Gasteiger partial charge in [-0.3, -0.25) is 0 Å². The number of ether oxygens (including phenoxy) is 1. The lowest BCUT2D eigenvalue weighted by molar-refractivity contribution is -0.134. The lowest BCUT2D eigenvalue weighted by Gasteiger charge is -2.19. The van der Waals surface area contributed by atoms with Crippen LogP contribution in [0.4, 0.5) is 0 Å². The number of carboxylic acids is 1. The Bertz CT molecular complexity index is 418. The fraction of sp³-hybridized carbons (Fsp3) is 0.0833. The molecule has 1 unspecified atom stereocenters. The first-order valence-electron chi connectivity index (χ1n) is 4.59. The third-order valence-corrected chi connectivity index (χ3v) is 2.20. The van der Waals surface area contributed by atoms with Crippen molar-refractivity contribution in [2.24, 2.45) is 0 Å². The minimum absolute atomic E-state index is 0.253. The quantitative estimate of drug-likeness (QED) is 0.800. The average molecular weight is 202 g/mol. The number of carboxylic acid groups (broad SMARTS) is 1. The molecule has 1 atom stereocenters. The second kappa shape index (κ2) is 4.00. The molecule has 0 radical (unpaired) electrons. The van der Waals surface area contributed by atoms with Crippen molar-refractivity contribution in [3.63, 3.8) is 0 Å². The molecular formula is C12H10O3. The molecule has 1 heterocycles. The van der Waals surface area contributed by atoms with E-state index in [0.717, 1.165) is 5.56 Å². The molecule has 76 valence electrons. The predicted octanol–water partition coefficient (Wildman–Crippen LogP) is 2.28. The molecule has 1 aromatic rings. The largest absolute Gasteiger partial charge is 0.488 e. The molecule has 0 aromatic heterocycles. The molecule has 3 nitrogen and oxygen atoms in total. The van der Waals surface area contributed by atoms with Crippen LogP contribution in [-0.4, -0.2) is 11.1 Å². The highest BCUT2D eigenvalue weighted by Crippen LogP contribution is 2.28. The summed E-state index contributed by atoms with van der Waals surface area (Å²) in [7, 11) is 0. The fourth-order valence-electron chi connectivity index (χ4n) is 1.50. The molecule has 0 amide bonds. The molecule has 1 aliphatic rings. The molecule has 0 spiro atoms. The van der Waals surface area contributed by atoms with Gasteiger partial charge in [-0.1, -0.05) is 30.3 Å². The standard InChI is InChI=1S/C12H10O3/c13-12(14)10-7-4-8-15-11(10)9-5-2-1-3-6-9/h1-8,11H,(H,13,14). The first-order valence-corrected chi connectivity index (χ1v) is 4.59. The van der Waals surface area contributed by atoms with Crippen molar-refractivity contribution in [3.05, 3.63) is 59.9 Å². The summed E-state index contributed by atoms with van der Waals surface area (Å²) < 4.78 is 5.31. The Labute approximate surface area is 87.3 Å². The maximum absolute atomic E-state index is 11.0. The van der Waals surface area contributed by atoms with E-state index in [4.69, 9.17) is 9.84 Å². The zero-order chi connectivity index (χ0) is 10.7. The van der Waals surface area contributed by atoms with Gasteiger partial charge in [0.15, 0.2) is 6.10 Å².